The molecule has 0 fully saturated rings. The van der Waals surface area contributed by atoms with E-state index in [-0.39, 0.29) is 6.79 Å². The first-order valence-electron chi connectivity index (χ1n) is 5.94. The van der Waals surface area contributed by atoms with Crippen LogP contribution in [0.3, 0.4) is 0 Å². The van der Waals surface area contributed by atoms with Gasteiger partial charge in [-0.2, -0.15) is 10.1 Å². The largest absolute Gasteiger partial charge is 0.437 e. The Balaban J connectivity index is 0.000000205. The van der Waals surface area contributed by atoms with Crippen molar-refractivity contribution in [2.75, 3.05) is 6.79 Å². The van der Waals surface area contributed by atoms with Gasteiger partial charge in [-0.15, -0.1) is 0 Å². The van der Waals surface area contributed by atoms with E-state index in [1.165, 1.54) is 0 Å². The SMILES string of the molecule is c1ccc(Oc2nc3c([nH]2)OCO3)cc1.c1cn[nH]c1. The van der Waals surface area contributed by atoms with Gasteiger partial charge < -0.3 is 14.2 Å². The lowest BCUT2D eigenvalue weighted by molar-refractivity contribution is 0.164. The van der Waals surface area contributed by atoms with Crippen LogP contribution in [0.25, 0.3) is 0 Å². The van der Waals surface area contributed by atoms with Gasteiger partial charge in [0.05, 0.1) is 0 Å². The van der Waals surface area contributed by atoms with E-state index in [4.69, 9.17) is 14.2 Å². The summed E-state index contributed by atoms with van der Waals surface area (Å²) in [4.78, 5) is 6.92. The molecule has 0 saturated carbocycles. The minimum atomic E-state index is 0.208. The average molecular weight is 272 g/mol. The van der Waals surface area contributed by atoms with Crippen molar-refractivity contribution in [2.24, 2.45) is 0 Å². The van der Waals surface area contributed by atoms with Gasteiger partial charge in [0, 0.05) is 12.4 Å². The standard InChI is InChI=1S/C10H8N2O3.C3H4N2/c1-2-4-7(5-3-1)15-10-11-8-9(12-10)14-6-13-8;1-2-4-5-3-1/h1-5H,6H2,(H,11,12);1-3H,(H,4,5). The molecule has 102 valence electrons. The maximum absolute atomic E-state index is 5.45. The highest BCUT2D eigenvalue weighted by atomic mass is 16.7. The fourth-order valence-electron chi connectivity index (χ4n) is 1.53. The van der Waals surface area contributed by atoms with E-state index in [1.54, 1.807) is 12.4 Å². The van der Waals surface area contributed by atoms with E-state index < -0.39 is 0 Å². The number of imidazole rings is 1. The fourth-order valence-corrected chi connectivity index (χ4v) is 1.53. The Morgan fingerprint density at radius 3 is 2.65 bits per heavy atom. The number of hydrogen-bond donors (Lipinski definition) is 2. The van der Waals surface area contributed by atoms with Crippen LogP contribution in [-0.2, 0) is 0 Å². The Labute approximate surface area is 114 Å². The molecule has 0 saturated heterocycles. The Bertz CT molecular complexity index is 598. The molecular formula is C13H12N4O3. The van der Waals surface area contributed by atoms with Crippen molar-refractivity contribution in [2.45, 2.75) is 0 Å². The minimum Gasteiger partial charge on any atom is -0.437 e. The summed E-state index contributed by atoms with van der Waals surface area (Å²) in [6, 6.07) is 11.6. The van der Waals surface area contributed by atoms with Crippen LogP contribution in [0.5, 0.6) is 23.5 Å². The normalized spacial score (nSPS) is 11.6. The van der Waals surface area contributed by atoms with Gasteiger partial charge in [-0.25, -0.2) is 0 Å². The number of aromatic amines is 2. The molecule has 7 nitrogen and oxygen atoms in total. The molecule has 0 spiro atoms. The van der Waals surface area contributed by atoms with Gasteiger partial charge >= 0.3 is 6.01 Å². The van der Waals surface area contributed by atoms with Crippen LogP contribution >= 0.6 is 0 Å². The summed E-state index contributed by atoms with van der Waals surface area (Å²) >= 11 is 0. The number of rotatable bonds is 2. The molecule has 0 bridgehead atoms. The third kappa shape index (κ3) is 2.89. The second-order valence-corrected chi connectivity index (χ2v) is 3.76. The van der Waals surface area contributed by atoms with Crippen LogP contribution in [0.2, 0.25) is 0 Å². The van der Waals surface area contributed by atoms with E-state index in [1.807, 2.05) is 36.4 Å². The second-order valence-electron chi connectivity index (χ2n) is 3.76. The van der Waals surface area contributed by atoms with Gasteiger partial charge in [0.25, 0.3) is 11.8 Å². The fraction of sp³-hybridized carbons (Fsp3) is 0.0769. The van der Waals surface area contributed by atoms with Crippen molar-refractivity contribution in [3.8, 4) is 23.5 Å². The number of fused-ring (bicyclic) bond motifs is 1. The number of hydrogen-bond acceptors (Lipinski definition) is 5. The molecule has 3 heterocycles. The zero-order valence-corrected chi connectivity index (χ0v) is 10.4. The van der Waals surface area contributed by atoms with Crippen molar-refractivity contribution in [1.82, 2.24) is 20.2 Å². The smallest absolute Gasteiger partial charge is 0.305 e. The molecule has 20 heavy (non-hydrogen) atoms. The maximum Gasteiger partial charge on any atom is 0.305 e. The summed E-state index contributed by atoms with van der Waals surface area (Å²) in [7, 11) is 0. The van der Waals surface area contributed by atoms with Crippen LogP contribution < -0.4 is 14.2 Å². The quantitative estimate of drug-likeness (QED) is 0.748. The first-order chi connectivity index (χ1) is 9.92. The molecule has 4 rings (SSSR count). The molecule has 0 aliphatic carbocycles. The van der Waals surface area contributed by atoms with Crippen LogP contribution in [0.1, 0.15) is 0 Å². The number of nitrogens with one attached hydrogen (secondary N) is 2. The molecule has 0 unspecified atom stereocenters. The van der Waals surface area contributed by atoms with Crippen molar-refractivity contribution in [1.29, 1.82) is 0 Å². The van der Waals surface area contributed by atoms with Gasteiger partial charge in [0.15, 0.2) is 0 Å². The second kappa shape index (κ2) is 5.79. The van der Waals surface area contributed by atoms with Crippen molar-refractivity contribution >= 4 is 0 Å². The minimum absolute atomic E-state index is 0.208. The summed E-state index contributed by atoms with van der Waals surface area (Å²) in [6.45, 7) is 0.208. The molecule has 2 aromatic heterocycles. The van der Waals surface area contributed by atoms with Gasteiger partial charge in [-0.1, -0.05) is 18.2 Å². The number of ether oxygens (including phenoxy) is 3. The van der Waals surface area contributed by atoms with E-state index in [0.29, 0.717) is 23.5 Å². The predicted octanol–water partition coefficient (Wildman–Crippen LogP) is 2.34. The Kier molecular flexibility index (Phi) is 3.50. The third-order valence-corrected chi connectivity index (χ3v) is 2.38. The lowest BCUT2D eigenvalue weighted by Gasteiger charge is -2.00. The van der Waals surface area contributed by atoms with E-state index >= 15 is 0 Å². The van der Waals surface area contributed by atoms with Gasteiger partial charge in [-0.05, 0) is 18.2 Å². The monoisotopic (exact) mass is 272 g/mol. The molecule has 0 amide bonds. The maximum atomic E-state index is 5.45. The third-order valence-electron chi connectivity index (χ3n) is 2.38. The molecule has 7 heteroatoms. The van der Waals surface area contributed by atoms with E-state index in [0.717, 1.165) is 0 Å². The Hall–Kier alpha value is -2.96. The van der Waals surface area contributed by atoms with Crippen LogP contribution in [-0.4, -0.2) is 27.0 Å². The van der Waals surface area contributed by atoms with E-state index in [9.17, 15) is 0 Å². The zero-order chi connectivity index (χ0) is 13.6. The van der Waals surface area contributed by atoms with Crippen LogP contribution in [0.4, 0.5) is 0 Å². The summed E-state index contributed by atoms with van der Waals surface area (Å²) < 4.78 is 15.6. The van der Waals surface area contributed by atoms with Gasteiger partial charge in [-0.3, -0.25) is 10.1 Å². The Morgan fingerprint density at radius 2 is 2.00 bits per heavy atom. The molecule has 1 aliphatic heterocycles. The first-order valence-corrected chi connectivity index (χ1v) is 5.94. The highest BCUT2D eigenvalue weighted by molar-refractivity contribution is 5.33. The number of benzene rings is 1. The highest BCUT2D eigenvalue weighted by Crippen LogP contribution is 2.32. The lowest BCUT2D eigenvalue weighted by atomic mass is 10.3. The molecule has 0 atom stereocenters. The number of nitrogens with zero attached hydrogens (tertiary/aromatic N) is 2. The summed E-state index contributed by atoms with van der Waals surface area (Å²) in [5, 5.41) is 6.21. The number of H-pyrrole nitrogens is 2. The van der Waals surface area contributed by atoms with Crippen molar-refractivity contribution in [3.05, 3.63) is 48.8 Å². The predicted molar refractivity (Wildman–Crippen MR) is 69.8 cm³/mol. The topological polar surface area (TPSA) is 85.1 Å². The Morgan fingerprint density at radius 1 is 1.10 bits per heavy atom. The van der Waals surface area contributed by atoms with Crippen LogP contribution in [0.15, 0.2) is 48.8 Å². The molecule has 1 aliphatic rings. The summed E-state index contributed by atoms with van der Waals surface area (Å²) in [5.41, 5.74) is 0. The first kappa shape index (κ1) is 12.1. The number of aromatic nitrogens is 4. The molecule has 2 N–H and O–H groups in total. The molecule has 0 radical (unpaired) electrons. The van der Waals surface area contributed by atoms with E-state index in [2.05, 4.69) is 20.2 Å². The van der Waals surface area contributed by atoms with Gasteiger partial charge in [0.2, 0.25) is 6.79 Å². The highest BCUT2D eigenvalue weighted by Gasteiger charge is 2.19. The van der Waals surface area contributed by atoms with Gasteiger partial charge in [0.1, 0.15) is 5.75 Å². The molecule has 1 aromatic carbocycles. The molecular weight excluding hydrogens is 260 g/mol. The molecule has 3 aromatic rings. The van der Waals surface area contributed by atoms with Crippen LogP contribution in [0, 0.1) is 0 Å². The number of para-hydroxylation sites is 1. The van der Waals surface area contributed by atoms with Crippen molar-refractivity contribution in [3.63, 3.8) is 0 Å². The summed E-state index contributed by atoms with van der Waals surface area (Å²) in [6.07, 6.45) is 3.46. The summed E-state index contributed by atoms with van der Waals surface area (Å²) in [5.74, 6) is 1.67. The zero-order valence-electron chi connectivity index (χ0n) is 10.4. The lowest BCUT2D eigenvalue weighted by Crippen LogP contribution is -1.97. The van der Waals surface area contributed by atoms with Crippen molar-refractivity contribution < 1.29 is 14.2 Å². The average Bonchev–Trinajstić information content (AvgIpc) is 3.18.